The van der Waals surface area contributed by atoms with Crippen LogP contribution in [0.4, 0.5) is 0 Å². The van der Waals surface area contributed by atoms with Gasteiger partial charge in [-0.15, -0.1) is 0 Å². The molecule has 0 spiro atoms. The molecule has 3 rings (SSSR count). The molecule has 0 saturated carbocycles. The lowest BCUT2D eigenvalue weighted by atomic mass is 10.1. The van der Waals surface area contributed by atoms with E-state index in [-0.39, 0.29) is 23.4 Å². The van der Waals surface area contributed by atoms with Crippen LogP contribution in [-0.2, 0) is 14.8 Å². The zero-order chi connectivity index (χ0) is 18.6. The molecule has 0 bridgehead atoms. The predicted octanol–water partition coefficient (Wildman–Crippen LogP) is 0.875. The van der Waals surface area contributed by atoms with Gasteiger partial charge in [0.1, 0.15) is 0 Å². The van der Waals surface area contributed by atoms with E-state index in [0.717, 1.165) is 9.87 Å². The van der Waals surface area contributed by atoms with Gasteiger partial charge in [0.05, 0.1) is 17.5 Å². The number of likely N-dealkylation sites (N-methyl/N-ethyl adjacent to an activating group) is 1. The fraction of sp³-hybridized carbons (Fsp3) is 0.333. The number of aromatic nitrogens is 1. The number of rotatable bonds is 5. The highest BCUT2D eigenvalue weighted by Gasteiger charge is 2.31. The number of pyridine rings is 1. The summed E-state index contributed by atoms with van der Waals surface area (Å²) in [6.07, 6.45) is 3.43. The summed E-state index contributed by atoms with van der Waals surface area (Å²) < 4.78 is 26.4. The quantitative estimate of drug-likeness (QED) is 0.840. The minimum atomic E-state index is -3.70. The topological polar surface area (TPSA) is 82.6 Å². The Labute approximate surface area is 153 Å². The second-order valence-electron chi connectivity index (χ2n) is 6.17. The van der Waals surface area contributed by atoms with Gasteiger partial charge in [-0.05, 0) is 23.8 Å². The molecule has 8 heteroatoms. The van der Waals surface area contributed by atoms with Gasteiger partial charge in [0.2, 0.25) is 15.9 Å². The minimum absolute atomic E-state index is 0.155. The number of benzene rings is 1. The first-order valence-electron chi connectivity index (χ1n) is 8.41. The molecule has 2 heterocycles. The summed E-state index contributed by atoms with van der Waals surface area (Å²) in [6, 6.07) is 11.7. The number of amides is 1. The number of carbonyl (C=O) groups excluding carboxylic acids is 1. The van der Waals surface area contributed by atoms with Gasteiger partial charge in [0.25, 0.3) is 0 Å². The lowest BCUT2D eigenvalue weighted by molar-refractivity contribution is -0.134. The summed E-state index contributed by atoms with van der Waals surface area (Å²) in [5.41, 5.74) is 0.932. The summed E-state index contributed by atoms with van der Waals surface area (Å²) in [5, 5.41) is 3.27. The molecular weight excluding hydrogens is 352 g/mol. The lowest BCUT2D eigenvalue weighted by Gasteiger charge is -2.37. The van der Waals surface area contributed by atoms with Crippen LogP contribution in [0.3, 0.4) is 0 Å². The Morgan fingerprint density at radius 2 is 2.04 bits per heavy atom. The Morgan fingerprint density at radius 1 is 1.27 bits per heavy atom. The van der Waals surface area contributed by atoms with Crippen molar-refractivity contribution in [3.05, 3.63) is 60.4 Å². The third kappa shape index (κ3) is 3.92. The van der Waals surface area contributed by atoms with Crippen LogP contribution >= 0.6 is 0 Å². The molecule has 1 aromatic carbocycles. The van der Waals surface area contributed by atoms with E-state index in [1.165, 1.54) is 19.2 Å². The Hall–Kier alpha value is -2.29. The Kier molecular flexibility index (Phi) is 5.65. The van der Waals surface area contributed by atoms with Gasteiger partial charge >= 0.3 is 0 Å². The number of nitrogens with one attached hydrogen (secondary N) is 1. The van der Waals surface area contributed by atoms with E-state index < -0.39 is 10.0 Å². The number of piperazine rings is 1. The number of hydrogen-bond donors (Lipinski definition) is 1. The first-order chi connectivity index (χ1) is 12.5. The van der Waals surface area contributed by atoms with Crippen molar-refractivity contribution in [1.82, 2.24) is 19.5 Å². The first-order valence-corrected chi connectivity index (χ1v) is 9.85. The summed E-state index contributed by atoms with van der Waals surface area (Å²) in [6.45, 7) is 1.62. The van der Waals surface area contributed by atoms with Crippen molar-refractivity contribution in [3.63, 3.8) is 0 Å². The summed E-state index contributed by atoms with van der Waals surface area (Å²) in [5.74, 6) is -0.220. The van der Waals surface area contributed by atoms with E-state index >= 15 is 0 Å². The Bertz CT molecular complexity index is 843. The summed E-state index contributed by atoms with van der Waals surface area (Å²) in [4.78, 5) is 18.9. The van der Waals surface area contributed by atoms with E-state index in [1.54, 1.807) is 35.5 Å². The normalized spacial score (nSPS) is 18.1. The molecule has 0 aliphatic carbocycles. The molecule has 1 fully saturated rings. The first kappa shape index (κ1) is 18.5. The van der Waals surface area contributed by atoms with Crippen LogP contribution in [0.2, 0.25) is 0 Å². The van der Waals surface area contributed by atoms with Gasteiger partial charge in [-0.25, -0.2) is 8.42 Å². The molecule has 7 nitrogen and oxygen atoms in total. The molecule has 1 amide bonds. The van der Waals surface area contributed by atoms with Gasteiger partial charge in [-0.3, -0.25) is 9.78 Å². The second kappa shape index (κ2) is 7.94. The average Bonchev–Trinajstić information content (AvgIpc) is 2.69. The lowest BCUT2D eigenvalue weighted by Crippen LogP contribution is -2.51. The predicted molar refractivity (Wildman–Crippen MR) is 97.8 cm³/mol. The Balaban J connectivity index is 1.75. The highest BCUT2D eigenvalue weighted by molar-refractivity contribution is 7.89. The minimum Gasteiger partial charge on any atom is -0.332 e. The van der Waals surface area contributed by atoms with E-state index in [9.17, 15) is 13.2 Å². The maximum absolute atomic E-state index is 12.8. The molecule has 0 radical (unpaired) electrons. The van der Waals surface area contributed by atoms with Crippen LogP contribution in [0.15, 0.2) is 59.8 Å². The third-order valence-electron chi connectivity index (χ3n) is 4.44. The third-order valence-corrected chi connectivity index (χ3v) is 6.26. The number of nitrogens with zero attached hydrogens (tertiary/aromatic N) is 3. The number of sulfonamides is 1. The molecule has 1 atom stereocenters. The molecule has 1 N–H and O–H groups in total. The van der Waals surface area contributed by atoms with Crippen LogP contribution < -0.4 is 5.32 Å². The van der Waals surface area contributed by atoms with Crippen LogP contribution in [0.1, 0.15) is 11.6 Å². The molecule has 138 valence electrons. The van der Waals surface area contributed by atoms with Crippen LogP contribution in [0.5, 0.6) is 0 Å². The van der Waals surface area contributed by atoms with Crippen LogP contribution in [-0.4, -0.2) is 61.7 Å². The molecule has 1 aliphatic heterocycles. The highest BCUT2D eigenvalue weighted by Crippen LogP contribution is 2.22. The van der Waals surface area contributed by atoms with Gasteiger partial charge in [-0.1, -0.05) is 24.3 Å². The van der Waals surface area contributed by atoms with Crippen LogP contribution in [0.25, 0.3) is 0 Å². The van der Waals surface area contributed by atoms with E-state index in [4.69, 9.17) is 0 Å². The summed E-state index contributed by atoms with van der Waals surface area (Å²) >= 11 is 0. The standard InChI is InChI=1S/C18H22N4O3S/c1-21(26(24,25)16-7-3-2-4-8-16)14-18(23)22-11-10-20-13-17(22)15-6-5-9-19-12-15/h2-9,12,17,20H,10-11,13-14H2,1H3. The molecule has 1 aliphatic rings. The van der Waals surface area contributed by atoms with Crippen molar-refractivity contribution in [2.45, 2.75) is 10.9 Å². The van der Waals surface area contributed by atoms with Gasteiger partial charge in [-0.2, -0.15) is 4.31 Å². The number of carbonyl (C=O) groups is 1. The largest absolute Gasteiger partial charge is 0.332 e. The fourth-order valence-corrected chi connectivity index (χ4v) is 4.15. The molecule has 1 saturated heterocycles. The SMILES string of the molecule is CN(CC(=O)N1CCNCC1c1cccnc1)S(=O)(=O)c1ccccc1. The fourth-order valence-electron chi connectivity index (χ4n) is 3.01. The highest BCUT2D eigenvalue weighted by atomic mass is 32.2. The Morgan fingerprint density at radius 3 is 2.73 bits per heavy atom. The van der Waals surface area contributed by atoms with Crippen molar-refractivity contribution in [3.8, 4) is 0 Å². The van der Waals surface area contributed by atoms with E-state index in [2.05, 4.69) is 10.3 Å². The number of hydrogen-bond acceptors (Lipinski definition) is 5. The maximum atomic E-state index is 12.8. The van der Waals surface area contributed by atoms with Crippen LogP contribution in [0, 0.1) is 0 Å². The second-order valence-corrected chi connectivity index (χ2v) is 8.21. The molecule has 26 heavy (non-hydrogen) atoms. The zero-order valence-electron chi connectivity index (χ0n) is 14.6. The van der Waals surface area contributed by atoms with Crippen molar-refractivity contribution in [2.75, 3.05) is 33.2 Å². The van der Waals surface area contributed by atoms with Gasteiger partial charge in [0.15, 0.2) is 0 Å². The van der Waals surface area contributed by atoms with E-state index in [1.807, 2.05) is 12.1 Å². The smallest absolute Gasteiger partial charge is 0.243 e. The van der Waals surface area contributed by atoms with Gasteiger partial charge in [0, 0.05) is 39.1 Å². The average molecular weight is 374 g/mol. The zero-order valence-corrected chi connectivity index (χ0v) is 15.4. The van der Waals surface area contributed by atoms with Gasteiger partial charge < -0.3 is 10.2 Å². The summed E-state index contributed by atoms with van der Waals surface area (Å²) in [7, 11) is -2.26. The van der Waals surface area contributed by atoms with Crippen molar-refractivity contribution in [2.24, 2.45) is 0 Å². The van der Waals surface area contributed by atoms with E-state index in [0.29, 0.717) is 19.6 Å². The van der Waals surface area contributed by atoms with Crippen molar-refractivity contribution in [1.29, 1.82) is 0 Å². The van der Waals surface area contributed by atoms with Crippen molar-refractivity contribution >= 4 is 15.9 Å². The maximum Gasteiger partial charge on any atom is 0.243 e. The molecule has 1 unspecified atom stereocenters. The molecule has 2 aromatic rings. The monoisotopic (exact) mass is 374 g/mol. The van der Waals surface area contributed by atoms with Crippen molar-refractivity contribution < 1.29 is 13.2 Å². The molecular formula is C18H22N4O3S. The molecule has 1 aromatic heterocycles.